The Morgan fingerprint density at radius 1 is 0.750 bits per heavy atom. The van der Waals surface area contributed by atoms with Gasteiger partial charge in [0.25, 0.3) is 0 Å². The van der Waals surface area contributed by atoms with Gasteiger partial charge in [0, 0.05) is 11.3 Å². The van der Waals surface area contributed by atoms with Gasteiger partial charge in [-0.25, -0.2) is 0 Å². The van der Waals surface area contributed by atoms with Crippen LogP contribution in [0.2, 0.25) is 0 Å². The van der Waals surface area contributed by atoms with Gasteiger partial charge in [0.15, 0.2) is 16.9 Å². The van der Waals surface area contributed by atoms with Crippen LogP contribution < -0.4 is 0 Å². The number of hydrogen-bond donors (Lipinski definition) is 0. The molecule has 68 valence electrons. The molecule has 0 aromatic heterocycles. The fourth-order valence-corrected chi connectivity index (χ4v) is 2.83. The normalized spacial score (nSPS) is 33.0. The van der Waals surface area contributed by atoms with Crippen LogP contribution in [-0.2, 0) is 9.13 Å². The molecule has 0 atom stereocenters. The van der Waals surface area contributed by atoms with E-state index in [9.17, 15) is 9.13 Å². The van der Waals surface area contributed by atoms with Gasteiger partial charge in [0.2, 0.25) is 0 Å². The Hall–Kier alpha value is 0.200. The van der Waals surface area contributed by atoms with Crippen molar-refractivity contribution >= 4 is 16.9 Å². The third-order valence-electron chi connectivity index (χ3n) is 2.45. The van der Waals surface area contributed by atoms with Crippen molar-refractivity contribution in [1.82, 2.24) is 0 Å². The molecule has 0 bridgehead atoms. The minimum absolute atomic E-state index is 0.304. The van der Waals surface area contributed by atoms with Crippen LogP contribution in [0.25, 0.3) is 0 Å². The van der Waals surface area contributed by atoms with Gasteiger partial charge < -0.3 is 0 Å². The standard InChI is InChI=1S/C8H14O2P2/c9-11-7-3-1-4-8(12-10)6-2-5-7/h7-8H,1-6H2. The summed E-state index contributed by atoms with van der Waals surface area (Å²) < 4.78 is 21.2. The molecule has 0 saturated heterocycles. The molecule has 2 nitrogen and oxygen atoms in total. The van der Waals surface area contributed by atoms with Crippen molar-refractivity contribution in [2.24, 2.45) is 0 Å². The first-order chi connectivity index (χ1) is 5.86. The van der Waals surface area contributed by atoms with Crippen LogP contribution in [0.15, 0.2) is 0 Å². The average Bonchev–Trinajstić information content (AvgIpc) is 2.05. The average molecular weight is 204 g/mol. The molecular weight excluding hydrogens is 190 g/mol. The van der Waals surface area contributed by atoms with E-state index in [0.717, 1.165) is 38.5 Å². The molecule has 0 amide bonds. The maximum atomic E-state index is 10.6. The molecule has 0 aromatic carbocycles. The topological polar surface area (TPSA) is 34.1 Å². The SMILES string of the molecule is O=PC1CCCC(P=O)CCC1. The molecule has 1 rings (SSSR count). The van der Waals surface area contributed by atoms with E-state index in [0.29, 0.717) is 28.2 Å². The highest BCUT2D eigenvalue weighted by Gasteiger charge is 2.16. The van der Waals surface area contributed by atoms with Gasteiger partial charge in [-0.3, -0.25) is 9.13 Å². The molecule has 0 heterocycles. The Kier molecular flexibility index (Phi) is 4.95. The minimum atomic E-state index is 0.304. The van der Waals surface area contributed by atoms with Crippen LogP contribution in [0.1, 0.15) is 38.5 Å². The lowest BCUT2D eigenvalue weighted by atomic mass is 10.00. The minimum Gasteiger partial charge on any atom is -0.275 e. The van der Waals surface area contributed by atoms with Crippen molar-refractivity contribution in [2.75, 3.05) is 0 Å². The summed E-state index contributed by atoms with van der Waals surface area (Å²) in [6.07, 6.45) is 6.32. The van der Waals surface area contributed by atoms with Gasteiger partial charge in [-0.1, -0.05) is 12.8 Å². The molecule has 0 aromatic rings. The monoisotopic (exact) mass is 204 g/mol. The summed E-state index contributed by atoms with van der Waals surface area (Å²) in [6.45, 7) is 0. The van der Waals surface area contributed by atoms with Crippen molar-refractivity contribution in [2.45, 2.75) is 49.8 Å². The van der Waals surface area contributed by atoms with Crippen LogP contribution in [-0.4, -0.2) is 11.3 Å². The molecule has 1 aliphatic rings. The third kappa shape index (κ3) is 3.29. The second-order valence-electron chi connectivity index (χ2n) is 3.38. The molecule has 0 aliphatic heterocycles. The fourth-order valence-electron chi connectivity index (χ4n) is 1.68. The third-order valence-corrected chi connectivity index (χ3v) is 4.08. The summed E-state index contributed by atoms with van der Waals surface area (Å²) >= 11 is 0. The maximum absolute atomic E-state index is 10.6. The summed E-state index contributed by atoms with van der Waals surface area (Å²) in [7, 11) is 0.609. The molecule has 1 saturated carbocycles. The van der Waals surface area contributed by atoms with Crippen LogP contribution in [0.3, 0.4) is 0 Å². The highest BCUT2D eigenvalue weighted by molar-refractivity contribution is 7.25. The lowest BCUT2D eigenvalue weighted by Crippen LogP contribution is -2.08. The molecule has 0 radical (unpaired) electrons. The lowest BCUT2D eigenvalue weighted by molar-refractivity contribution is 0.495. The lowest BCUT2D eigenvalue weighted by Gasteiger charge is -2.16. The van der Waals surface area contributed by atoms with Crippen LogP contribution in [0.5, 0.6) is 0 Å². The van der Waals surface area contributed by atoms with E-state index in [2.05, 4.69) is 0 Å². The quantitative estimate of drug-likeness (QED) is 0.643. The van der Waals surface area contributed by atoms with Gasteiger partial charge >= 0.3 is 0 Å². The van der Waals surface area contributed by atoms with Crippen LogP contribution in [0, 0.1) is 0 Å². The molecule has 12 heavy (non-hydrogen) atoms. The zero-order chi connectivity index (χ0) is 8.81. The first-order valence-electron chi connectivity index (χ1n) is 4.51. The van der Waals surface area contributed by atoms with Gasteiger partial charge in [-0.05, 0) is 25.7 Å². The Balaban J connectivity index is 2.33. The zero-order valence-electron chi connectivity index (χ0n) is 7.11. The van der Waals surface area contributed by atoms with Gasteiger partial charge in [-0.15, -0.1) is 0 Å². The fraction of sp³-hybridized carbons (Fsp3) is 1.00. The molecule has 0 N–H and O–H groups in total. The summed E-state index contributed by atoms with van der Waals surface area (Å²) in [4.78, 5) is 0. The van der Waals surface area contributed by atoms with Crippen LogP contribution in [0.4, 0.5) is 0 Å². The van der Waals surface area contributed by atoms with Gasteiger partial charge in [-0.2, -0.15) is 0 Å². The maximum Gasteiger partial charge on any atom is 0.158 e. The summed E-state index contributed by atoms with van der Waals surface area (Å²) in [5.74, 6) is 0. The van der Waals surface area contributed by atoms with E-state index in [1.165, 1.54) is 0 Å². The Labute approximate surface area is 76.5 Å². The van der Waals surface area contributed by atoms with Crippen molar-refractivity contribution < 1.29 is 9.13 Å². The van der Waals surface area contributed by atoms with E-state index in [4.69, 9.17) is 0 Å². The van der Waals surface area contributed by atoms with E-state index < -0.39 is 0 Å². The van der Waals surface area contributed by atoms with E-state index >= 15 is 0 Å². The second-order valence-corrected chi connectivity index (χ2v) is 5.26. The van der Waals surface area contributed by atoms with Gasteiger partial charge in [0.05, 0.1) is 0 Å². The smallest absolute Gasteiger partial charge is 0.158 e. The highest BCUT2D eigenvalue weighted by Crippen LogP contribution is 2.29. The first kappa shape index (κ1) is 10.3. The summed E-state index contributed by atoms with van der Waals surface area (Å²) in [5.41, 5.74) is 0.739. The van der Waals surface area contributed by atoms with Crippen molar-refractivity contribution in [3.8, 4) is 0 Å². The Morgan fingerprint density at radius 3 is 1.33 bits per heavy atom. The zero-order valence-corrected chi connectivity index (χ0v) is 8.90. The predicted molar refractivity (Wildman–Crippen MR) is 50.5 cm³/mol. The van der Waals surface area contributed by atoms with Gasteiger partial charge in [0.1, 0.15) is 0 Å². The Morgan fingerprint density at radius 2 is 1.08 bits per heavy atom. The largest absolute Gasteiger partial charge is 0.275 e. The molecule has 4 heteroatoms. The van der Waals surface area contributed by atoms with E-state index in [-0.39, 0.29) is 0 Å². The van der Waals surface area contributed by atoms with E-state index in [1.54, 1.807) is 0 Å². The molecule has 1 fully saturated rings. The molecule has 0 spiro atoms. The molecule has 0 unspecified atom stereocenters. The highest BCUT2D eigenvalue weighted by atomic mass is 31.1. The summed E-state index contributed by atoms with van der Waals surface area (Å²) in [5, 5.41) is 0. The second kappa shape index (κ2) is 5.78. The first-order valence-corrected chi connectivity index (χ1v) is 6.28. The number of hydrogen-bond acceptors (Lipinski definition) is 2. The number of rotatable bonds is 2. The van der Waals surface area contributed by atoms with Crippen molar-refractivity contribution in [1.29, 1.82) is 0 Å². The van der Waals surface area contributed by atoms with Crippen molar-refractivity contribution in [3.63, 3.8) is 0 Å². The Bertz CT molecular complexity index is 135. The van der Waals surface area contributed by atoms with Crippen molar-refractivity contribution in [3.05, 3.63) is 0 Å². The summed E-state index contributed by atoms with van der Waals surface area (Å²) in [6, 6.07) is 0. The van der Waals surface area contributed by atoms with Crippen LogP contribution >= 0.6 is 16.9 Å². The molecule has 1 aliphatic carbocycles. The molecular formula is C8H14O2P2. The van der Waals surface area contributed by atoms with E-state index in [1.807, 2.05) is 0 Å². The predicted octanol–water partition coefficient (Wildman–Crippen LogP) is 3.66.